The van der Waals surface area contributed by atoms with Crippen molar-refractivity contribution in [3.8, 4) is 0 Å². The molecule has 0 aromatic heterocycles. The molecule has 0 bridgehead atoms. The zero-order chi connectivity index (χ0) is 14.7. The van der Waals surface area contributed by atoms with Gasteiger partial charge in [0.15, 0.2) is 0 Å². The third kappa shape index (κ3) is 3.49. The maximum absolute atomic E-state index is 11.0. The van der Waals surface area contributed by atoms with Crippen molar-refractivity contribution in [2.75, 3.05) is 5.32 Å². The maximum Gasteiger partial charge on any atom is 0.292 e. The summed E-state index contributed by atoms with van der Waals surface area (Å²) in [6, 6.07) is 12.2. The third-order valence-corrected chi connectivity index (χ3v) is 3.66. The van der Waals surface area contributed by atoms with Gasteiger partial charge >= 0.3 is 0 Å². The molecule has 0 aliphatic heterocycles. The summed E-state index contributed by atoms with van der Waals surface area (Å²) in [5.41, 5.74) is 1.46. The Morgan fingerprint density at radius 1 is 1.25 bits per heavy atom. The fourth-order valence-electron chi connectivity index (χ4n) is 1.85. The summed E-state index contributed by atoms with van der Waals surface area (Å²) in [5, 5.41) is 14.6. The highest BCUT2D eigenvalue weighted by molar-refractivity contribution is 9.10. The Hall–Kier alpha value is -1.59. The molecule has 0 spiro atoms. The van der Waals surface area contributed by atoms with Gasteiger partial charge in [-0.15, -0.1) is 0 Å². The Morgan fingerprint density at radius 2 is 1.90 bits per heavy atom. The first-order valence-electron chi connectivity index (χ1n) is 5.93. The van der Waals surface area contributed by atoms with E-state index in [2.05, 4.69) is 21.2 Å². The molecule has 6 heteroatoms. The number of hydrogen-bond acceptors (Lipinski definition) is 3. The molecule has 0 fully saturated rings. The minimum atomic E-state index is -0.424. The van der Waals surface area contributed by atoms with Gasteiger partial charge in [-0.2, -0.15) is 0 Å². The first kappa shape index (κ1) is 14.8. The van der Waals surface area contributed by atoms with Crippen molar-refractivity contribution in [1.82, 2.24) is 0 Å². The molecular weight excluding hydrogens is 344 g/mol. The number of nitrogens with zero attached hydrogens (tertiary/aromatic N) is 1. The number of rotatable bonds is 4. The topological polar surface area (TPSA) is 55.2 Å². The van der Waals surface area contributed by atoms with Gasteiger partial charge in [0.05, 0.1) is 4.92 Å². The van der Waals surface area contributed by atoms with E-state index in [4.69, 9.17) is 11.6 Å². The zero-order valence-corrected chi connectivity index (χ0v) is 13.0. The van der Waals surface area contributed by atoms with Crippen molar-refractivity contribution in [1.29, 1.82) is 0 Å². The average molecular weight is 356 g/mol. The SMILES string of the molecule is CC(Nc1cc(Cl)ccc1[N+](=O)[O-])c1ccc(Br)cc1. The van der Waals surface area contributed by atoms with Crippen LogP contribution in [-0.2, 0) is 0 Å². The lowest BCUT2D eigenvalue weighted by Crippen LogP contribution is -2.08. The Labute approximate surface area is 130 Å². The van der Waals surface area contributed by atoms with Gasteiger partial charge in [0.2, 0.25) is 0 Å². The van der Waals surface area contributed by atoms with Crippen LogP contribution in [0.25, 0.3) is 0 Å². The van der Waals surface area contributed by atoms with E-state index in [1.807, 2.05) is 31.2 Å². The molecule has 1 atom stereocenters. The van der Waals surface area contributed by atoms with Gasteiger partial charge in [-0.05, 0) is 36.8 Å². The second-order valence-electron chi connectivity index (χ2n) is 4.34. The van der Waals surface area contributed by atoms with Gasteiger partial charge in [-0.25, -0.2) is 0 Å². The highest BCUT2D eigenvalue weighted by Crippen LogP contribution is 2.31. The van der Waals surface area contributed by atoms with Crippen LogP contribution in [0.1, 0.15) is 18.5 Å². The number of hydrogen-bond donors (Lipinski definition) is 1. The van der Waals surface area contributed by atoms with Crippen molar-refractivity contribution in [3.63, 3.8) is 0 Å². The van der Waals surface area contributed by atoms with Gasteiger partial charge in [-0.1, -0.05) is 39.7 Å². The lowest BCUT2D eigenvalue weighted by atomic mass is 10.1. The molecule has 4 nitrogen and oxygen atoms in total. The quantitative estimate of drug-likeness (QED) is 0.607. The number of anilines is 1. The fraction of sp³-hybridized carbons (Fsp3) is 0.143. The van der Waals surface area contributed by atoms with Crippen LogP contribution >= 0.6 is 27.5 Å². The standard InChI is InChI=1S/C14H12BrClN2O2/c1-9(10-2-4-11(15)5-3-10)17-13-8-12(16)6-7-14(13)18(19)20/h2-9,17H,1H3. The summed E-state index contributed by atoms with van der Waals surface area (Å²) in [6.07, 6.45) is 0. The fourth-order valence-corrected chi connectivity index (χ4v) is 2.29. The van der Waals surface area contributed by atoms with Crippen molar-refractivity contribution < 1.29 is 4.92 Å². The molecule has 1 unspecified atom stereocenters. The number of benzene rings is 2. The van der Waals surface area contributed by atoms with Gasteiger partial charge < -0.3 is 5.32 Å². The van der Waals surface area contributed by atoms with Crippen LogP contribution in [0, 0.1) is 10.1 Å². The number of nitro benzene ring substituents is 1. The van der Waals surface area contributed by atoms with Crippen molar-refractivity contribution in [2.45, 2.75) is 13.0 Å². The van der Waals surface area contributed by atoms with E-state index in [0.29, 0.717) is 10.7 Å². The van der Waals surface area contributed by atoms with E-state index < -0.39 is 4.92 Å². The van der Waals surface area contributed by atoms with Gasteiger partial charge in [0.25, 0.3) is 5.69 Å². The lowest BCUT2D eigenvalue weighted by molar-refractivity contribution is -0.384. The van der Waals surface area contributed by atoms with E-state index in [1.54, 1.807) is 6.07 Å². The Morgan fingerprint density at radius 3 is 2.50 bits per heavy atom. The first-order chi connectivity index (χ1) is 9.47. The van der Waals surface area contributed by atoms with Crippen molar-refractivity contribution >= 4 is 38.9 Å². The van der Waals surface area contributed by atoms with Crippen LogP contribution in [-0.4, -0.2) is 4.92 Å². The van der Waals surface area contributed by atoms with E-state index in [9.17, 15) is 10.1 Å². The van der Waals surface area contributed by atoms with E-state index in [0.717, 1.165) is 10.0 Å². The first-order valence-corrected chi connectivity index (χ1v) is 7.10. The van der Waals surface area contributed by atoms with Crippen LogP contribution in [0.5, 0.6) is 0 Å². The lowest BCUT2D eigenvalue weighted by Gasteiger charge is -2.16. The largest absolute Gasteiger partial charge is 0.373 e. The molecular formula is C14H12BrClN2O2. The molecule has 1 N–H and O–H groups in total. The van der Waals surface area contributed by atoms with Gasteiger partial charge in [-0.3, -0.25) is 10.1 Å². The van der Waals surface area contributed by atoms with E-state index in [1.165, 1.54) is 12.1 Å². The average Bonchev–Trinajstić information content (AvgIpc) is 2.39. The molecule has 104 valence electrons. The minimum absolute atomic E-state index is 0.0124. The van der Waals surface area contributed by atoms with Gasteiger partial charge in [0, 0.05) is 21.6 Å². The van der Waals surface area contributed by atoms with Crippen LogP contribution in [0.2, 0.25) is 5.02 Å². The second-order valence-corrected chi connectivity index (χ2v) is 5.69. The number of halogens is 2. The third-order valence-electron chi connectivity index (χ3n) is 2.90. The summed E-state index contributed by atoms with van der Waals surface area (Å²) >= 11 is 9.28. The summed E-state index contributed by atoms with van der Waals surface area (Å²) < 4.78 is 0.988. The molecule has 2 aromatic rings. The second kappa shape index (κ2) is 6.24. The molecule has 0 radical (unpaired) electrons. The van der Waals surface area contributed by atoms with Crippen LogP contribution < -0.4 is 5.32 Å². The minimum Gasteiger partial charge on any atom is -0.373 e. The van der Waals surface area contributed by atoms with Crippen molar-refractivity contribution in [2.24, 2.45) is 0 Å². The Balaban J connectivity index is 2.27. The molecule has 0 saturated carbocycles. The predicted octanol–water partition coefficient (Wildman–Crippen LogP) is 5.18. The molecule has 2 rings (SSSR count). The molecule has 0 aliphatic carbocycles. The monoisotopic (exact) mass is 354 g/mol. The van der Waals surface area contributed by atoms with Crippen LogP contribution in [0.3, 0.4) is 0 Å². The van der Waals surface area contributed by atoms with Gasteiger partial charge in [0.1, 0.15) is 5.69 Å². The van der Waals surface area contributed by atoms with Crippen LogP contribution in [0.4, 0.5) is 11.4 Å². The smallest absolute Gasteiger partial charge is 0.292 e. The molecule has 0 aliphatic rings. The number of nitrogens with one attached hydrogen (secondary N) is 1. The van der Waals surface area contributed by atoms with Crippen LogP contribution in [0.15, 0.2) is 46.9 Å². The summed E-state index contributed by atoms with van der Waals surface area (Å²) in [6.45, 7) is 1.94. The maximum atomic E-state index is 11.0. The summed E-state index contributed by atoms with van der Waals surface area (Å²) in [7, 11) is 0. The Bertz CT molecular complexity index is 632. The van der Waals surface area contributed by atoms with E-state index >= 15 is 0 Å². The predicted molar refractivity (Wildman–Crippen MR) is 84.3 cm³/mol. The summed E-state index contributed by atoms with van der Waals surface area (Å²) in [4.78, 5) is 10.6. The molecule has 0 heterocycles. The molecule has 0 saturated heterocycles. The molecule has 20 heavy (non-hydrogen) atoms. The van der Waals surface area contributed by atoms with E-state index in [-0.39, 0.29) is 11.7 Å². The highest BCUT2D eigenvalue weighted by atomic mass is 79.9. The molecule has 2 aromatic carbocycles. The normalized spacial score (nSPS) is 11.9. The highest BCUT2D eigenvalue weighted by Gasteiger charge is 2.16. The van der Waals surface area contributed by atoms with Crippen molar-refractivity contribution in [3.05, 3.63) is 67.6 Å². The Kier molecular flexibility index (Phi) is 4.62. The summed E-state index contributed by atoms with van der Waals surface area (Å²) in [5.74, 6) is 0. The molecule has 0 amide bonds. The number of nitro groups is 1. The zero-order valence-electron chi connectivity index (χ0n) is 10.6.